The van der Waals surface area contributed by atoms with E-state index in [1.165, 1.54) is 16.8 Å². The second kappa shape index (κ2) is 5.44. The lowest BCUT2D eigenvalue weighted by Gasteiger charge is -2.22. The van der Waals surface area contributed by atoms with Crippen LogP contribution in [0.2, 0.25) is 0 Å². The van der Waals surface area contributed by atoms with E-state index < -0.39 is 0 Å². The van der Waals surface area contributed by atoms with E-state index >= 15 is 0 Å². The van der Waals surface area contributed by atoms with Crippen molar-refractivity contribution in [3.05, 3.63) is 59.7 Å². The normalized spacial score (nSPS) is 15.9. The largest absolute Gasteiger partial charge is 0.497 e. The van der Waals surface area contributed by atoms with Crippen molar-refractivity contribution in [2.45, 2.75) is 25.7 Å². The molecule has 0 atom stereocenters. The summed E-state index contributed by atoms with van der Waals surface area (Å²) in [6, 6.07) is 17.2. The van der Waals surface area contributed by atoms with Gasteiger partial charge in [-0.3, -0.25) is 0 Å². The Balaban J connectivity index is 1.80. The molecule has 3 rings (SSSR count). The highest BCUT2D eigenvalue weighted by molar-refractivity contribution is 5.64. The van der Waals surface area contributed by atoms with E-state index in [-0.39, 0.29) is 5.41 Å². The van der Waals surface area contributed by atoms with Crippen LogP contribution in [0, 0.1) is 0 Å². The van der Waals surface area contributed by atoms with Crippen molar-refractivity contribution in [1.82, 2.24) is 0 Å². The van der Waals surface area contributed by atoms with Crippen LogP contribution in [0.5, 0.6) is 5.75 Å². The molecule has 2 aromatic carbocycles. The molecule has 0 unspecified atom stereocenters. The summed E-state index contributed by atoms with van der Waals surface area (Å²) in [5, 5.41) is 0. The number of rotatable bonds is 4. The molecular weight excluding hydrogens is 258 g/mol. The minimum atomic E-state index is 0.181. The number of methoxy groups -OCH3 is 1. The van der Waals surface area contributed by atoms with Crippen molar-refractivity contribution >= 4 is 5.69 Å². The Morgan fingerprint density at radius 2 is 1.86 bits per heavy atom. The minimum absolute atomic E-state index is 0.181. The van der Waals surface area contributed by atoms with Gasteiger partial charge in [-0.1, -0.05) is 44.2 Å². The van der Waals surface area contributed by atoms with Crippen LogP contribution in [0.15, 0.2) is 48.5 Å². The third kappa shape index (κ3) is 2.76. The first-order valence-electron chi connectivity index (χ1n) is 7.57. The first-order chi connectivity index (χ1) is 10.1. The van der Waals surface area contributed by atoms with E-state index in [0.717, 1.165) is 25.3 Å². The van der Waals surface area contributed by atoms with Crippen molar-refractivity contribution in [2.75, 3.05) is 25.1 Å². The van der Waals surface area contributed by atoms with E-state index in [9.17, 15) is 0 Å². The van der Waals surface area contributed by atoms with Gasteiger partial charge in [0.15, 0.2) is 0 Å². The molecule has 0 fully saturated rings. The van der Waals surface area contributed by atoms with Gasteiger partial charge in [0.1, 0.15) is 5.75 Å². The molecule has 0 N–H and O–H groups in total. The highest BCUT2D eigenvalue weighted by Crippen LogP contribution is 2.42. The molecule has 110 valence electrons. The van der Waals surface area contributed by atoms with E-state index in [4.69, 9.17) is 4.74 Å². The predicted molar refractivity (Wildman–Crippen MR) is 88.4 cm³/mol. The Morgan fingerprint density at radius 1 is 1.10 bits per heavy atom. The Bertz CT molecular complexity index is 619. The van der Waals surface area contributed by atoms with Gasteiger partial charge >= 0.3 is 0 Å². The van der Waals surface area contributed by atoms with E-state index in [0.29, 0.717) is 0 Å². The average molecular weight is 281 g/mol. The lowest BCUT2D eigenvalue weighted by atomic mass is 9.87. The number of hydrogen-bond donors (Lipinski definition) is 0. The summed E-state index contributed by atoms with van der Waals surface area (Å²) < 4.78 is 5.38. The first-order valence-corrected chi connectivity index (χ1v) is 7.57. The van der Waals surface area contributed by atoms with Gasteiger partial charge in [-0.05, 0) is 35.7 Å². The Hall–Kier alpha value is -1.96. The molecule has 0 saturated heterocycles. The van der Waals surface area contributed by atoms with E-state index in [1.54, 1.807) is 7.11 Å². The maximum atomic E-state index is 5.38. The van der Waals surface area contributed by atoms with Crippen molar-refractivity contribution in [3.63, 3.8) is 0 Å². The summed E-state index contributed by atoms with van der Waals surface area (Å²) in [7, 11) is 1.73. The maximum Gasteiger partial charge on any atom is 0.119 e. The van der Waals surface area contributed by atoms with Crippen LogP contribution in [0.3, 0.4) is 0 Å². The highest BCUT2D eigenvalue weighted by Gasteiger charge is 2.34. The smallest absolute Gasteiger partial charge is 0.119 e. The predicted octanol–water partition coefficient (Wildman–Crippen LogP) is 4.04. The molecule has 0 aliphatic carbocycles. The van der Waals surface area contributed by atoms with Gasteiger partial charge in [0.25, 0.3) is 0 Å². The molecule has 1 aliphatic rings. The van der Waals surface area contributed by atoms with Gasteiger partial charge in [0.2, 0.25) is 0 Å². The number of benzene rings is 2. The van der Waals surface area contributed by atoms with Crippen LogP contribution in [-0.2, 0) is 11.8 Å². The fraction of sp³-hybridized carbons (Fsp3) is 0.368. The summed E-state index contributed by atoms with van der Waals surface area (Å²) in [4.78, 5) is 2.50. The van der Waals surface area contributed by atoms with E-state index in [1.807, 2.05) is 0 Å². The highest BCUT2D eigenvalue weighted by atomic mass is 16.5. The van der Waals surface area contributed by atoms with Gasteiger partial charge < -0.3 is 9.64 Å². The van der Waals surface area contributed by atoms with Crippen LogP contribution < -0.4 is 9.64 Å². The Morgan fingerprint density at radius 3 is 2.57 bits per heavy atom. The van der Waals surface area contributed by atoms with Crippen molar-refractivity contribution in [3.8, 4) is 5.75 Å². The van der Waals surface area contributed by atoms with Crippen LogP contribution in [0.25, 0.3) is 0 Å². The summed E-state index contributed by atoms with van der Waals surface area (Å²) >= 11 is 0. The third-order valence-corrected chi connectivity index (χ3v) is 4.37. The molecule has 2 aromatic rings. The third-order valence-electron chi connectivity index (χ3n) is 4.37. The van der Waals surface area contributed by atoms with Gasteiger partial charge in [0, 0.05) is 24.2 Å². The molecule has 0 bridgehead atoms. The molecule has 0 saturated carbocycles. The number of fused-ring (bicyclic) bond motifs is 1. The lowest BCUT2D eigenvalue weighted by molar-refractivity contribution is 0.413. The maximum absolute atomic E-state index is 5.38. The SMILES string of the molecule is COc1ccc2c(c1)C(C)(C)CN2CCc1ccccc1. The molecule has 0 radical (unpaired) electrons. The standard InChI is InChI=1S/C19H23NO/c1-19(2)14-20(12-11-15-7-5-4-6-8-15)18-10-9-16(21-3)13-17(18)19/h4-10,13H,11-12,14H2,1-3H3. The van der Waals surface area contributed by atoms with Gasteiger partial charge in [-0.2, -0.15) is 0 Å². The number of anilines is 1. The summed E-state index contributed by atoms with van der Waals surface area (Å²) in [6.45, 7) is 6.76. The van der Waals surface area contributed by atoms with Crippen LogP contribution in [-0.4, -0.2) is 20.2 Å². The van der Waals surface area contributed by atoms with Crippen LogP contribution in [0.4, 0.5) is 5.69 Å². The molecule has 2 heteroatoms. The average Bonchev–Trinajstić information content (AvgIpc) is 2.77. The Labute approximate surface area is 127 Å². The number of ether oxygens (including phenoxy) is 1. The lowest BCUT2D eigenvalue weighted by Crippen LogP contribution is -2.30. The molecule has 1 heterocycles. The zero-order chi connectivity index (χ0) is 14.9. The topological polar surface area (TPSA) is 12.5 Å². The number of nitrogens with zero attached hydrogens (tertiary/aromatic N) is 1. The Kier molecular flexibility index (Phi) is 3.62. The molecular formula is C19H23NO. The van der Waals surface area contributed by atoms with E-state index in [2.05, 4.69) is 67.3 Å². The van der Waals surface area contributed by atoms with Gasteiger partial charge in [-0.25, -0.2) is 0 Å². The molecule has 0 spiro atoms. The second-order valence-electron chi connectivity index (χ2n) is 6.42. The molecule has 0 amide bonds. The summed E-state index contributed by atoms with van der Waals surface area (Å²) in [6.07, 6.45) is 1.09. The van der Waals surface area contributed by atoms with Crippen molar-refractivity contribution in [2.24, 2.45) is 0 Å². The number of hydrogen-bond acceptors (Lipinski definition) is 2. The fourth-order valence-corrected chi connectivity index (χ4v) is 3.22. The monoisotopic (exact) mass is 281 g/mol. The minimum Gasteiger partial charge on any atom is -0.497 e. The van der Waals surface area contributed by atoms with Gasteiger partial charge in [-0.15, -0.1) is 0 Å². The molecule has 21 heavy (non-hydrogen) atoms. The van der Waals surface area contributed by atoms with Gasteiger partial charge in [0.05, 0.1) is 7.11 Å². The molecule has 1 aliphatic heterocycles. The summed E-state index contributed by atoms with van der Waals surface area (Å²) in [5.41, 5.74) is 4.34. The fourth-order valence-electron chi connectivity index (χ4n) is 3.22. The van der Waals surface area contributed by atoms with Crippen LogP contribution >= 0.6 is 0 Å². The van der Waals surface area contributed by atoms with Crippen molar-refractivity contribution < 1.29 is 4.74 Å². The summed E-state index contributed by atoms with van der Waals surface area (Å²) in [5.74, 6) is 0.951. The second-order valence-corrected chi connectivity index (χ2v) is 6.42. The van der Waals surface area contributed by atoms with Crippen LogP contribution in [0.1, 0.15) is 25.0 Å². The molecule has 2 nitrogen and oxygen atoms in total. The van der Waals surface area contributed by atoms with Crippen molar-refractivity contribution in [1.29, 1.82) is 0 Å². The zero-order valence-corrected chi connectivity index (χ0v) is 13.1. The molecule has 0 aromatic heterocycles. The first kappa shape index (κ1) is 14.0. The quantitative estimate of drug-likeness (QED) is 0.838. The zero-order valence-electron chi connectivity index (χ0n) is 13.1.